The van der Waals surface area contributed by atoms with Gasteiger partial charge in [-0.15, -0.1) is 0 Å². The maximum Gasteiger partial charge on any atom is 0.335 e. The Morgan fingerprint density at radius 1 is 0.923 bits per heavy atom. The molecule has 0 radical (unpaired) electrons. The average Bonchev–Trinajstić information content (AvgIpc) is 2.61. The van der Waals surface area contributed by atoms with Crippen molar-refractivity contribution in [3.63, 3.8) is 0 Å². The zero-order valence-electron chi connectivity index (χ0n) is 16.6. The van der Waals surface area contributed by atoms with Crippen LogP contribution in [0.15, 0.2) is 27.3 Å². The van der Waals surface area contributed by atoms with Gasteiger partial charge in [-0.05, 0) is 76.8 Å². The molecular weight excluding hydrogens is 554 g/mol. The van der Waals surface area contributed by atoms with Crippen LogP contribution in [-0.2, 0) is 7.05 Å². The number of hydrogen-bond donors (Lipinski definition) is 0. The van der Waals surface area contributed by atoms with Crippen molar-refractivity contribution in [2.75, 3.05) is 0 Å². The zero-order chi connectivity index (χ0) is 20.3. The molecule has 0 aliphatic heterocycles. The number of halogens is 2. The molecule has 0 N–H and O–H groups in total. The number of aromatic nitrogens is 2. The molecule has 0 unspecified atom stereocenters. The number of hydrogen-bond acceptors (Lipinski definition) is 2. The molecular formula is C20H26I2N2O2. The van der Waals surface area contributed by atoms with E-state index in [9.17, 15) is 9.59 Å². The van der Waals surface area contributed by atoms with E-state index in [1.54, 1.807) is 20.9 Å². The lowest BCUT2D eigenvalue weighted by atomic mass is 9.95. The molecule has 0 saturated heterocycles. The molecule has 2 aromatic rings. The Hall–Kier alpha value is -0.900. The van der Waals surface area contributed by atoms with E-state index in [-0.39, 0.29) is 11.2 Å². The first-order chi connectivity index (χ1) is 12.1. The van der Waals surface area contributed by atoms with Crippen molar-refractivity contribution in [2.24, 2.45) is 7.05 Å². The smallest absolute Gasteiger partial charge is 0.300 e. The van der Waals surface area contributed by atoms with Gasteiger partial charge in [0, 0.05) is 55.5 Å². The summed E-state index contributed by atoms with van der Waals surface area (Å²) < 4.78 is 2.82. The molecule has 1 heterocycles. The van der Waals surface area contributed by atoms with Crippen LogP contribution in [0.2, 0.25) is 0 Å². The van der Waals surface area contributed by atoms with Gasteiger partial charge in [0.25, 0.3) is 5.56 Å². The zero-order valence-corrected chi connectivity index (χ0v) is 20.9. The molecule has 2 rings (SSSR count). The van der Waals surface area contributed by atoms with Crippen LogP contribution < -0.4 is 11.2 Å². The van der Waals surface area contributed by atoms with Gasteiger partial charge in [0.05, 0.1) is 5.69 Å². The van der Waals surface area contributed by atoms with Crippen LogP contribution in [0.25, 0.3) is 11.3 Å². The molecule has 0 spiro atoms. The van der Waals surface area contributed by atoms with Gasteiger partial charge in [-0.3, -0.25) is 4.79 Å². The molecule has 142 valence electrons. The van der Waals surface area contributed by atoms with Gasteiger partial charge in [0.1, 0.15) is 0 Å². The number of rotatable bonds is 2. The van der Waals surface area contributed by atoms with Crippen LogP contribution in [-0.4, -0.2) is 9.13 Å². The second-order valence-electron chi connectivity index (χ2n) is 6.77. The first-order valence-electron chi connectivity index (χ1n) is 8.27. The maximum absolute atomic E-state index is 12.8. The molecule has 0 aliphatic rings. The lowest BCUT2D eigenvalue weighted by Gasteiger charge is -2.17. The highest BCUT2D eigenvalue weighted by Gasteiger charge is 2.16. The molecule has 26 heavy (non-hydrogen) atoms. The summed E-state index contributed by atoms with van der Waals surface area (Å²) in [6.45, 7) is 13.7. The van der Waals surface area contributed by atoms with Gasteiger partial charge < -0.3 is 4.57 Å². The highest BCUT2D eigenvalue weighted by molar-refractivity contribution is 15.0. The van der Waals surface area contributed by atoms with Crippen LogP contribution in [0.1, 0.15) is 48.7 Å². The first kappa shape index (κ1) is 23.1. The predicted octanol–water partition coefficient (Wildman–Crippen LogP) is 5.35. The SMILES string of the molecule is CC(C)=C(C)c1cc(-n2c(=O)c(C)c(C)n(C)c2=O)c(C)cc1C.II. The van der Waals surface area contributed by atoms with Crippen LogP contribution in [0.5, 0.6) is 0 Å². The Bertz CT molecular complexity index is 942. The van der Waals surface area contributed by atoms with Crippen LogP contribution in [0.3, 0.4) is 0 Å². The van der Waals surface area contributed by atoms with E-state index in [2.05, 4.69) is 64.9 Å². The van der Waals surface area contributed by atoms with Gasteiger partial charge in [0.15, 0.2) is 0 Å². The fourth-order valence-corrected chi connectivity index (χ4v) is 2.92. The fourth-order valence-electron chi connectivity index (χ4n) is 2.92. The minimum Gasteiger partial charge on any atom is -0.300 e. The third kappa shape index (κ3) is 4.32. The molecule has 0 atom stereocenters. The standard InChI is InChI=1S/C20H26N2O2.I2/c1-11(2)14(5)17-10-18(13(4)9-12(17)3)22-19(23)15(6)16(7)21(8)20(22)24;1-2/h9-10H,1-8H3;. The summed E-state index contributed by atoms with van der Waals surface area (Å²) in [7, 11) is 1.70. The molecule has 0 aliphatic carbocycles. The molecule has 1 aromatic heterocycles. The summed E-state index contributed by atoms with van der Waals surface area (Å²) in [6, 6.07) is 4.00. The van der Waals surface area contributed by atoms with Gasteiger partial charge in [-0.25, -0.2) is 9.36 Å². The van der Waals surface area contributed by atoms with Gasteiger partial charge in [-0.1, -0.05) is 11.6 Å². The van der Waals surface area contributed by atoms with Gasteiger partial charge in [0.2, 0.25) is 0 Å². The summed E-state index contributed by atoms with van der Waals surface area (Å²) in [5, 5.41) is 0. The highest BCUT2D eigenvalue weighted by atomic mass is 128. The first-order valence-corrected chi connectivity index (χ1v) is 14.6. The van der Waals surface area contributed by atoms with E-state index in [4.69, 9.17) is 0 Å². The van der Waals surface area contributed by atoms with Crippen LogP contribution in [0, 0.1) is 27.7 Å². The number of allylic oxidation sites excluding steroid dienone is 2. The third-order valence-corrected chi connectivity index (χ3v) is 4.99. The van der Waals surface area contributed by atoms with Crippen LogP contribution >= 0.6 is 37.2 Å². The second kappa shape index (κ2) is 9.34. The monoisotopic (exact) mass is 580 g/mol. The predicted molar refractivity (Wildman–Crippen MR) is 128 cm³/mol. The fraction of sp³-hybridized carbons (Fsp3) is 0.400. The Labute approximate surface area is 178 Å². The van der Waals surface area contributed by atoms with Crippen molar-refractivity contribution in [2.45, 2.75) is 48.5 Å². The quantitative estimate of drug-likeness (QED) is 0.450. The van der Waals surface area contributed by atoms with Gasteiger partial charge in [-0.2, -0.15) is 0 Å². The third-order valence-electron chi connectivity index (χ3n) is 4.99. The maximum atomic E-state index is 12.8. The van der Waals surface area contributed by atoms with Crippen molar-refractivity contribution < 1.29 is 0 Å². The van der Waals surface area contributed by atoms with Crippen molar-refractivity contribution >= 4 is 42.8 Å². The molecule has 0 saturated carbocycles. The highest BCUT2D eigenvalue weighted by Crippen LogP contribution is 2.26. The summed E-state index contributed by atoms with van der Waals surface area (Å²) in [6.07, 6.45) is 0. The number of benzene rings is 1. The van der Waals surface area contributed by atoms with E-state index in [1.165, 1.54) is 20.3 Å². The van der Waals surface area contributed by atoms with Crippen molar-refractivity contribution in [1.82, 2.24) is 9.13 Å². The summed E-state index contributed by atoms with van der Waals surface area (Å²) in [5.41, 5.74) is 6.91. The number of aryl methyl sites for hydroxylation is 2. The Morgan fingerprint density at radius 3 is 1.96 bits per heavy atom. The molecule has 1 aromatic carbocycles. The average molecular weight is 580 g/mol. The van der Waals surface area contributed by atoms with Crippen molar-refractivity contribution in [1.29, 1.82) is 0 Å². The molecule has 0 bridgehead atoms. The van der Waals surface area contributed by atoms with E-state index < -0.39 is 0 Å². The minimum atomic E-state index is -0.309. The second-order valence-corrected chi connectivity index (χ2v) is 6.77. The Balaban J connectivity index is 0.00000163. The van der Waals surface area contributed by atoms with E-state index in [0.717, 1.165) is 16.7 Å². The summed E-state index contributed by atoms with van der Waals surface area (Å²) >= 11 is 4.24. The largest absolute Gasteiger partial charge is 0.335 e. The Kier molecular flexibility index (Phi) is 8.32. The molecule has 6 heteroatoms. The number of nitrogens with zero attached hydrogens (tertiary/aromatic N) is 2. The normalized spacial score (nSPS) is 10.2. The van der Waals surface area contributed by atoms with Crippen molar-refractivity contribution in [3.8, 4) is 5.69 Å². The van der Waals surface area contributed by atoms with Gasteiger partial charge >= 0.3 is 5.69 Å². The minimum absolute atomic E-state index is 0.247. The van der Waals surface area contributed by atoms with Crippen molar-refractivity contribution in [3.05, 3.63) is 66.5 Å². The summed E-state index contributed by atoms with van der Waals surface area (Å²) in [5.74, 6) is 0. The van der Waals surface area contributed by atoms with Crippen LogP contribution in [0.4, 0.5) is 0 Å². The molecule has 4 nitrogen and oxygen atoms in total. The summed E-state index contributed by atoms with van der Waals surface area (Å²) in [4.78, 5) is 25.5. The van der Waals surface area contributed by atoms with E-state index in [1.807, 2.05) is 19.1 Å². The molecule has 0 amide bonds. The molecule has 0 fully saturated rings. The van der Waals surface area contributed by atoms with E-state index in [0.29, 0.717) is 16.9 Å². The lowest BCUT2D eigenvalue weighted by molar-refractivity contribution is 0.700. The lowest BCUT2D eigenvalue weighted by Crippen LogP contribution is -2.40. The van der Waals surface area contributed by atoms with E-state index >= 15 is 0 Å². The topological polar surface area (TPSA) is 44.0 Å². The Morgan fingerprint density at radius 2 is 1.46 bits per heavy atom.